The maximum atomic E-state index is 13.5. The van der Waals surface area contributed by atoms with Gasteiger partial charge in [-0.1, -0.05) is 32.3 Å². The number of ether oxygens (including phenoxy) is 3. The van der Waals surface area contributed by atoms with Crippen molar-refractivity contribution >= 4 is 17.6 Å². The van der Waals surface area contributed by atoms with Crippen LogP contribution in [-0.4, -0.2) is 78.6 Å². The highest BCUT2D eigenvalue weighted by Gasteiger charge is 2.31. The molecule has 1 fully saturated rings. The largest absolute Gasteiger partial charge is 0.488 e. The molecule has 0 unspecified atom stereocenters. The van der Waals surface area contributed by atoms with E-state index in [9.17, 15) is 14.7 Å². The third kappa shape index (κ3) is 7.46. The average Bonchev–Trinajstić information content (AvgIpc) is 3.45. The van der Waals surface area contributed by atoms with Crippen molar-refractivity contribution in [3.05, 3.63) is 47.5 Å². The summed E-state index contributed by atoms with van der Waals surface area (Å²) in [6.45, 7) is 5.83. The highest BCUT2D eigenvalue weighted by atomic mass is 16.7. The summed E-state index contributed by atoms with van der Waals surface area (Å²) in [6, 6.07) is 11.1. The van der Waals surface area contributed by atoms with Crippen molar-refractivity contribution in [3.8, 4) is 17.2 Å². The number of fused-ring (bicyclic) bond motifs is 2. The Morgan fingerprint density at radius 1 is 1.10 bits per heavy atom. The highest BCUT2D eigenvalue weighted by molar-refractivity contribution is 5.90. The molecular formula is C32H44N4O6. The van der Waals surface area contributed by atoms with Gasteiger partial charge in [0.1, 0.15) is 11.9 Å². The lowest BCUT2D eigenvalue weighted by Gasteiger charge is -2.34. The Hall–Kier alpha value is -3.50. The molecule has 5 rings (SSSR count). The van der Waals surface area contributed by atoms with Crippen LogP contribution in [-0.2, 0) is 17.8 Å². The zero-order chi connectivity index (χ0) is 29.6. The number of benzene rings is 2. The number of carbonyl (C=O) groups is 2. The Morgan fingerprint density at radius 3 is 2.64 bits per heavy atom. The molecule has 3 atom stereocenters. The molecule has 0 radical (unpaired) electrons. The number of anilines is 1. The van der Waals surface area contributed by atoms with E-state index in [1.807, 2.05) is 50.4 Å². The van der Waals surface area contributed by atoms with Gasteiger partial charge in [0.2, 0.25) is 12.7 Å². The van der Waals surface area contributed by atoms with Crippen molar-refractivity contribution in [2.24, 2.45) is 5.92 Å². The Balaban J connectivity index is 1.33. The normalized spacial score (nSPS) is 21.5. The standard InChI is InChI=1S/C32H44N4O6/c1-21-16-36(22(2)19-37)31(38)15-24-14-26(34-32(39)33-25-7-5-4-6-8-25)10-12-27(24)42-30(21)18-35(3)17-23-9-11-28-29(13-23)41-20-40-28/h9-14,21-22,25,30,37H,4-8,15-20H2,1-3H3,(H2,33,34,39)/t21-,22+,30-/m0/s1. The second kappa shape index (κ2) is 13.6. The quantitative estimate of drug-likeness (QED) is 0.430. The number of amides is 3. The van der Waals surface area contributed by atoms with Crippen molar-refractivity contribution < 1.29 is 28.9 Å². The van der Waals surface area contributed by atoms with Crippen LogP contribution < -0.4 is 24.8 Å². The van der Waals surface area contributed by atoms with E-state index in [1.165, 1.54) is 6.42 Å². The fourth-order valence-corrected chi connectivity index (χ4v) is 6.05. The van der Waals surface area contributed by atoms with Gasteiger partial charge < -0.3 is 34.9 Å². The maximum Gasteiger partial charge on any atom is 0.319 e. The van der Waals surface area contributed by atoms with E-state index < -0.39 is 0 Å². The predicted octanol–water partition coefficient (Wildman–Crippen LogP) is 4.15. The first-order valence-corrected chi connectivity index (χ1v) is 15.1. The Bertz CT molecular complexity index is 1250. The van der Waals surface area contributed by atoms with Crippen molar-refractivity contribution in [1.82, 2.24) is 15.1 Å². The van der Waals surface area contributed by atoms with Crippen molar-refractivity contribution in [2.75, 3.05) is 38.9 Å². The molecule has 0 spiro atoms. The minimum Gasteiger partial charge on any atom is -0.488 e. The minimum atomic E-state index is -0.323. The molecule has 0 bridgehead atoms. The first-order valence-electron chi connectivity index (χ1n) is 15.1. The molecule has 2 aromatic rings. The second-order valence-electron chi connectivity index (χ2n) is 12.0. The van der Waals surface area contributed by atoms with E-state index in [-0.39, 0.29) is 55.9 Å². The van der Waals surface area contributed by atoms with Gasteiger partial charge in [-0.2, -0.15) is 0 Å². The molecule has 3 aliphatic rings. The van der Waals surface area contributed by atoms with E-state index in [2.05, 4.69) is 22.5 Å². The van der Waals surface area contributed by atoms with Crippen LogP contribution in [0.4, 0.5) is 10.5 Å². The van der Waals surface area contributed by atoms with Gasteiger partial charge in [0.15, 0.2) is 11.5 Å². The van der Waals surface area contributed by atoms with Crippen molar-refractivity contribution in [3.63, 3.8) is 0 Å². The summed E-state index contributed by atoms with van der Waals surface area (Å²) in [6.07, 6.45) is 5.39. The summed E-state index contributed by atoms with van der Waals surface area (Å²) >= 11 is 0. The summed E-state index contributed by atoms with van der Waals surface area (Å²) in [5.74, 6) is 2.06. The summed E-state index contributed by atoms with van der Waals surface area (Å²) in [4.78, 5) is 30.2. The number of nitrogens with zero attached hydrogens (tertiary/aromatic N) is 2. The zero-order valence-corrected chi connectivity index (χ0v) is 24.9. The topological polar surface area (TPSA) is 113 Å². The van der Waals surface area contributed by atoms with Crippen LogP contribution in [0.15, 0.2) is 36.4 Å². The van der Waals surface area contributed by atoms with E-state index in [4.69, 9.17) is 14.2 Å². The fraction of sp³-hybridized carbons (Fsp3) is 0.562. The van der Waals surface area contributed by atoms with Crippen LogP contribution in [0.25, 0.3) is 0 Å². The number of aliphatic hydroxyl groups excluding tert-OH is 1. The molecule has 3 N–H and O–H groups in total. The summed E-state index contributed by atoms with van der Waals surface area (Å²) in [7, 11) is 2.05. The second-order valence-corrected chi connectivity index (χ2v) is 12.0. The predicted molar refractivity (Wildman–Crippen MR) is 160 cm³/mol. The molecule has 1 saturated carbocycles. The molecule has 2 aliphatic heterocycles. The van der Waals surface area contributed by atoms with Crippen molar-refractivity contribution in [1.29, 1.82) is 0 Å². The smallest absolute Gasteiger partial charge is 0.319 e. The monoisotopic (exact) mass is 580 g/mol. The Morgan fingerprint density at radius 2 is 1.86 bits per heavy atom. The van der Waals surface area contributed by atoms with Crippen LogP contribution in [0.3, 0.4) is 0 Å². The van der Waals surface area contributed by atoms with Crippen LogP contribution in [0.1, 0.15) is 57.1 Å². The van der Waals surface area contributed by atoms with Crippen LogP contribution in [0, 0.1) is 5.92 Å². The average molecular weight is 581 g/mol. The number of hydrogen-bond donors (Lipinski definition) is 3. The minimum absolute atomic E-state index is 0.00724. The molecule has 3 amide bonds. The van der Waals surface area contributed by atoms with E-state index in [0.29, 0.717) is 36.6 Å². The highest BCUT2D eigenvalue weighted by Crippen LogP contribution is 2.33. The third-order valence-corrected chi connectivity index (χ3v) is 8.50. The van der Waals surface area contributed by atoms with Crippen LogP contribution >= 0.6 is 0 Å². The van der Waals surface area contributed by atoms with Gasteiger partial charge in [-0.3, -0.25) is 9.69 Å². The molecule has 42 heavy (non-hydrogen) atoms. The van der Waals surface area contributed by atoms with Gasteiger partial charge in [-0.15, -0.1) is 0 Å². The molecule has 2 aromatic carbocycles. The first kappa shape index (κ1) is 30.0. The first-order chi connectivity index (χ1) is 20.3. The molecule has 228 valence electrons. The number of hydrogen-bond acceptors (Lipinski definition) is 7. The van der Waals surface area contributed by atoms with Gasteiger partial charge in [0.05, 0.1) is 19.1 Å². The lowest BCUT2D eigenvalue weighted by atomic mass is 9.96. The van der Waals surface area contributed by atoms with Crippen molar-refractivity contribution in [2.45, 2.75) is 77.1 Å². The molecule has 0 aromatic heterocycles. The van der Waals surface area contributed by atoms with E-state index >= 15 is 0 Å². The number of carbonyl (C=O) groups excluding carboxylic acids is 2. The lowest BCUT2D eigenvalue weighted by molar-refractivity contribution is -0.134. The summed E-state index contributed by atoms with van der Waals surface area (Å²) < 4.78 is 17.6. The molecule has 0 saturated heterocycles. The van der Waals surface area contributed by atoms with Crippen LogP contribution in [0.5, 0.6) is 17.2 Å². The lowest BCUT2D eigenvalue weighted by Crippen LogP contribution is -2.47. The number of aliphatic hydroxyl groups is 1. The maximum absolute atomic E-state index is 13.5. The Labute approximate surface area is 248 Å². The summed E-state index contributed by atoms with van der Waals surface area (Å²) in [5.41, 5.74) is 2.43. The van der Waals surface area contributed by atoms with Gasteiger partial charge in [-0.25, -0.2) is 4.79 Å². The molecular weight excluding hydrogens is 536 g/mol. The van der Waals surface area contributed by atoms with Gasteiger partial charge in [0.25, 0.3) is 0 Å². The van der Waals surface area contributed by atoms with Gasteiger partial charge in [0, 0.05) is 42.8 Å². The van der Waals surface area contributed by atoms with Crippen LogP contribution in [0.2, 0.25) is 0 Å². The van der Waals surface area contributed by atoms with Gasteiger partial charge >= 0.3 is 6.03 Å². The molecule has 1 aliphatic carbocycles. The SMILES string of the molecule is C[C@H](CO)N1C[C@H](C)[C@H](CN(C)Cc2ccc3c(c2)OCO3)Oc2ccc(NC(=O)NC3CCCCC3)cc2CC1=O. The Kier molecular flexibility index (Phi) is 9.74. The summed E-state index contributed by atoms with van der Waals surface area (Å²) in [5, 5.41) is 16.0. The number of rotatable bonds is 8. The van der Waals surface area contributed by atoms with E-state index in [1.54, 1.807) is 4.90 Å². The third-order valence-electron chi connectivity index (χ3n) is 8.50. The fourth-order valence-electron chi connectivity index (χ4n) is 6.05. The molecule has 10 heteroatoms. The number of nitrogens with one attached hydrogen (secondary N) is 2. The number of urea groups is 1. The zero-order valence-electron chi connectivity index (χ0n) is 24.9. The van der Waals surface area contributed by atoms with Gasteiger partial charge in [-0.05, 0) is 62.7 Å². The molecule has 10 nitrogen and oxygen atoms in total. The van der Waals surface area contributed by atoms with E-state index in [0.717, 1.165) is 42.7 Å². The number of likely N-dealkylation sites (N-methyl/N-ethyl adjacent to an activating group) is 1. The molecule has 2 heterocycles.